The summed E-state index contributed by atoms with van der Waals surface area (Å²) in [6.07, 6.45) is -4.93. The zero-order chi connectivity index (χ0) is 28.5. The van der Waals surface area contributed by atoms with Crippen molar-refractivity contribution in [3.05, 3.63) is 55.4 Å². The van der Waals surface area contributed by atoms with Crippen molar-refractivity contribution in [3.8, 4) is 0 Å². The zero-order valence-electron chi connectivity index (χ0n) is 20.9. The molecule has 2 aromatic rings. The molecule has 0 unspecified atom stereocenters. The summed E-state index contributed by atoms with van der Waals surface area (Å²) >= 11 is 5.73. The molecule has 0 aliphatic carbocycles. The van der Waals surface area contributed by atoms with Gasteiger partial charge in [-0.15, -0.1) is 0 Å². The van der Waals surface area contributed by atoms with Gasteiger partial charge in [0.05, 0.1) is 15.4 Å². The minimum absolute atomic E-state index is 0.0452. The lowest BCUT2D eigenvalue weighted by Gasteiger charge is -2.23. The highest BCUT2D eigenvalue weighted by Crippen LogP contribution is 2.43. The summed E-state index contributed by atoms with van der Waals surface area (Å²) in [6.45, 7) is 13.7. The second kappa shape index (κ2) is 13.5. The maximum atomic E-state index is 12.8. The third kappa shape index (κ3) is 9.67. The van der Waals surface area contributed by atoms with Crippen molar-refractivity contribution in [1.29, 1.82) is 0 Å². The predicted molar refractivity (Wildman–Crippen MR) is 135 cm³/mol. The van der Waals surface area contributed by atoms with E-state index in [1.54, 1.807) is 13.8 Å². The van der Waals surface area contributed by atoms with Crippen LogP contribution < -0.4 is 15.5 Å². The van der Waals surface area contributed by atoms with E-state index in [1.807, 2.05) is 20.8 Å². The highest BCUT2D eigenvalue weighted by molar-refractivity contribution is 6.28. The fourth-order valence-corrected chi connectivity index (χ4v) is 3.12. The van der Waals surface area contributed by atoms with Crippen LogP contribution in [-0.4, -0.2) is 50.5 Å². The minimum atomic E-state index is -4.93. The molecule has 2 N–H and O–H groups in total. The van der Waals surface area contributed by atoms with Crippen molar-refractivity contribution >= 4 is 40.6 Å². The number of benzene rings is 1. The van der Waals surface area contributed by atoms with Crippen molar-refractivity contribution in [2.24, 2.45) is 0 Å². The van der Waals surface area contributed by atoms with Gasteiger partial charge in [0, 0.05) is 37.8 Å². The molecule has 1 aromatic heterocycles. The van der Waals surface area contributed by atoms with Gasteiger partial charge in [0.15, 0.2) is 5.69 Å². The van der Waals surface area contributed by atoms with Crippen LogP contribution in [0.1, 0.15) is 40.2 Å². The van der Waals surface area contributed by atoms with Crippen LogP contribution >= 0.6 is 11.6 Å². The molecule has 0 saturated heterocycles. The molecular formula is C21H28ClF3N8O4. The van der Waals surface area contributed by atoms with E-state index in [9.17, 15) is 33.4 Å². The van der Waals surface area contributed by atoms with Gasteiger partial charge < -0.3 is 15.5 Å². The van der Waals surface area contributed by atoms with E-state index in [0.29, 0.717) is 29.6 Å². The first-order valence-corrected chi connectivity index (χ1v) is 11.3. The molecule has 204 valence electrons. The van der Waals surface area contributed by atoms with Gasteiger partial charge in [0.25, 0.3) is 11.4 Å². The Morgan fingerprint density at radius 2 is 1.62 bits per heavy atom. The van der Waals surface area contributed by atoms with Gasteiger partial charge in [0.1, 0.15) is 0 Å². The lowest BCUT2D eigenvalue weighted by atomic mass is 10.1. The highest BCUT2D eigenvalue weighted by atomic mass is 35.5. The van der Waals surface area contributed by atoms with Gasteiger partial charge in [-0.05, 0) is 46.2 Å². The number of nitro groups is 2. The second-order valence-corrected chi connectivity index (χ2v) is 8.27. The van der Waals surface area contributed by atoms with Crippen LogP contribution in [0.2, 0.25) is 5.28 Å². The minimum Gasteiger partial charge on any atom is -0.357 e. The Bertz CT molecular complexity index is 1100. The lowest BCUT2D eigenvalue weighted by Crippen LogP contribution is -2.26. The van der Waals surface area contributed by atoms with Gasteiger partial charge in [-0.2, -0.15) is 28.1 Å². The molecular weight excluding hydrogens is 521 g/mol. The van der Waals surface area contributed by atoms with E-state index in [0.717, 1.165) is 6.54 Å². The van der Waals surface area contributed by atoms with Crippen molar-refractivity contribution in [1.82, 2.24) is 15.0 Å². The van der Waals surface area contributed by atoms with Crippen LogP contribution in [0, 0.1) is 20.2 Å². The quantitative estimate of drug-likeness (QED) is 0.215. The Balaban J connectivity index is 0.000000417. The van der Waals surface area contributed by atoms with Crippen molar-refractivity contribution in [2.75, 3.05) is 35.2 Å². The third-order valence-corrected chi connectivity index (χ3v) is 4.48. The summed E-state index contributed by atoms with van der Waals surface area (Å²) in [5.74, 6) is 0.992. The summed E-state index contributed by atoms with van der Waals surface area (Å²) in [7, 11) is 0. The number of nitro benzene ring substituents is 2. The molecule has 1 heterocycles. The normalized spacial score (nSPS) is 10.9. The molecule has 0 fully saturated rings. The average Bonchev–Trinajstić information content (AvgIpc) is 2.75. The summed E-state index contributed by atoms with van der Waals surface area (Å²) in [6, 6.07) is 0.885. The van der Waals surface area contributed by atoms with Gasteiger partial charge in [-0.1, -0.05) is 12.2 Å². The first kappa shape index (κ1) is 31.3. The highest BCUT2D eigenvalue weighted by Gasteiger charge is 2.39. The van der Waals surface area contributed by atoms with Crippen LogP contribution in [-0.2, 0) is 6.18 Å². The third-order valence-electron chi connectivity index (χ3n) is 4.31. The smallest absolute Gasteiger partial charge is 0.357 e. The molecule has 37 heavy (non-hydrogen) atoms. The lowest BCUT2D eigenvalue weighted by molar-refractivity contribution is -0.393. The number of aromatic nitrogens is 3. The maximum absolute atomic E-state index is 12.8. The Morgan fingerprint density at radius 1 is 1.11 bits per heavy atom. The molecule has 0 amide bonds. The summed E-state index contributed by atoms with van der Waals surface area (Å²) < 4.78 is 38.5. The number of rotatable bonds is 10. The molecule has 0 atom stereocenters. The largest absolute Gasteiger partial charge is 0.416 e. The van der Waals surface area contributed by atoms with E-state index < -0.39 is 38.6 Å². The molecule has 0 bridgehead atoms. The zero-order valence-corrected chi connectivity index (χ0v) is 21.6. The van der Waals surface area contributed by atoms with E-state index in [1.165, 1.54) is 4.90 Å². The fraction of sp³-hybridized carbons (Fsp3) is 0.476. The first-order chi connectivity index (χ1) is 17.1. The van der Waals surface area contributed by atoms with E-state index in [-0.39, 0.29) is 24.4 Å². The molecule has 2 rings (SSSR count). The fourth-order valence-electron chi connectivity index (χ4n) is 2.95. The molecule has 1 aromatic carbocycles. The van der Waals surface area contributed by atoms with Crippen LogP contribution in [0.3, 0.4) is 0 Å². The number of anilines is 3. The van der Waals surface area contributed by atoms with Crippen molar-refractivity contribution in [3.63, 3.8) is 0 Å². The van der Waals surface area contributed by atoms with Crippen LogP contribution in [0.25, 0.3) is 0 Å². The number of hydrogen-bond donors (Lipinski definition) is 2. The molecule has 0 aliphatic rings. The van der Waals surface area contributed by atoms with Crippen molar-refractivity contribution < 1.29 is 23.0 Å². The molecule has 0 radical (unpaired) electrons. The Hall–Kier alpha value is -3.75. The number of alkyl halides is 3. The summed E-state index contributed by atoms with van der Waals surface area (Å²) in [5, 5.41) is 28.5. The van der Waals surface area contributed by atoms with E-state index in [4.69, 9.17) is 11.6 Å². The van der Waals surface area contributed by atoms with E-state index >= 15 is 0 Å². The molecule has 16 heteroatoms. The number of nitrogens with zero attached hydrogens (tertiary/aromatic N) is 6. The van der Waals surface area contributed by atoms with Crippen LogP contribution in [0.5, 0.6) is 0 Å². The molecule has 12 nitrogen and oxygen atoms in total. The maximum Gasteiger partial charge on any atom is 0.416 e. The van der Waals surface area contributed by atoms with Crippen LogP contribution in [0.4, 0.5) is 42.1 Å². The Morgan fingerprint density at radius 3 is 2.00 bits per heavy atom. The Labute approximate surface area is 216 Å². The number of hydrogen-bond acceptors (Lipinski definition) is 10. The topological polar surface area (TPSA) is 152 Å². The Kier molecular flexibility index (Phi) is 11.4. The van der Waals surface area contributed by atoms with Gasteiger partial charge in [-0.25, -0.2) is 0 Å². The van der Waals surface area contributed by atoms with Gasteiger partial charge >= 0.3 is 6.18 Å². The average molecular weight is 549 g/mol. The molecule has 0 saturated carbocycles. The number of nitrogens with one attached hydrogen (secondary N) is 2. The van der Waals surface area contributed by atoms with Gasteiger partial charge in [0.2, 0.25) is 17.2 Å². The first-order valence-electron chi connectivity index (χ1n) is 11.0. The number of halogens is 4. The van der Waals surface area contributed by atoms with Gasteiger partial charge in [-0.3, -0.25) is 20.2 Å². The van der Waals surface area contributed by atoms with Crippen LogP contribution in [0.15, 0.2) is 24.3 Å². The monoisotopic (exact) mass is 548 g/mol. The molecule has 0 spiro atoms. The van der Waals surface area contributed by atoms with Crippen molar-refractivity contribution in [2.45, 2.75) is 46.8 Å². The molecule has 0 aliphatic heterocycles. The number of likely N-dealkylation sites (N-methyl/N-ethyl adjacent to an activating group) is 1. The standard InChI is InChI=1S/C13H14F3N3O4.C8H14ClN5/c1-4-17(7-8(2)3)12-10(18(20)21)5-9(13(14,15)16)6-11(12)19(22)23;1-4-10-7-12-6(9)13-8(14-7)11-5(2)3/h5-6H,2,4,7H2,1,3H3;5H,4H2,1-3H3,(H2,10,11,12,13,14). The SMILES string of the molecule is C=C(C)CN(CC)c1c([N+](=O)[O-])cc(C(F)(F)F)cc1[N+](=O)[O-].CCNc1nc(Cl)nc(NC(C)C)n1. The van der Waals surface area contributed by atoms with E-state index in [2.05, 4.69) is 32.2 Å². The second-order valence-electron chi connectivity index (χ2n) is 7.93. The summed E-state index contributed by atoms with van der Waals surface area (Å²) in [5.41, 5.74) is -3.27. The summed E-state index contributed by atoms with van der Waals surface area (Å²) in [4.78, 5) is 33.4. The predicted octanol–water partition coefficient (Wildman–Crippen LogP) is 5.70.